The van der Waals surface area contributed by atoms with Crippen molar-refractivity contribution in [2.24, 2.45) is 0 Å². The number of aliphatic hydroxyl groups excluding tert-OH is 1. The number of aliphatic hydroxyl groups is 1. The van der Waals surface area contributed by atoms with Crippen LogP contribution in [0.4, 0.5) is 0 Å². The second-order valence-corrected chi connectivity index (χ2v) is 8.67. The number of pyridine rings is 1. The van der Waals surface area contributed by atoms with E-state index < -0.39 is 0 Å². The molecule has 7 nitrogen and oxygen atoms in total. The number of morpholine rings is 1. The molecule has 0 saturated carbocycles. The smallest absolute Gasteiger partial charge is 0.261 e. The molecule has 160 valence electrons. The van der Waals surface area contributed by atoms with Gasteiger partial charge in [0.2, 0.25) is 0 Å². The van der Waals surface area contributed by atoms with Crippen molar-refractivity contribution in [2.45, 2.75) is 12.6 Å². The first-order valence-corrected chi connectivity index (χ1v) is 11.2. The van der Waals surface area contributed by atoms with Gasteiger partial charge in [0.25, 0.3) is 5.91 Å². The summed E-state index contributed by atoms with van der Waals surface area (Å²) in [5.74, 6) is -0.189. The number of hydrogen-bond acceptors (Lipinski definition) is 6. The predicted molar refractivity (Wildman–Crippen MR) is 121 cm³/mol. The van der Waals surface area contributed by atoms with Crippen molar-refractivity contribution in [3.05, 3.63) is 64.8 Å². The van der Waals surface area contributed by atoms with Gasteiger partial charge in [-0.05, 0) is 35.2 Å². The Kier molecular flexibility index (Phi) is 5.69. The van der Waals surface area contributed by atoms with Crippen LogP contribution < -0.4 is 5.32 Å². The molecule has 1 aliphatic heterocycles. The van der Waals surface area contributed by atoms with Gasteiger partial charge >= 0.3 is 0 Å². The number of carbonyl (C=O) groups is 1. The fourth-order valence-corrected chi connectivity index (χ4v) is 5.28. The maximum atomic E-state index is 12.8. The fraction of sp³-hybridized carbons (Fsp3) is 0.304. The topological polar surface area (TPSA) is 90.5 Å². The Morgan fingerprint density at radius 1 is 1.35 bits per heavy atom. The van der Waals surface area contributed by atoms with Gasteiger partial charge in [-0.2, -0.15) is 0 Å². The average molecular weight is 437 g/mol. The number of rotatable bonds is 6. The number of aromatic nitrogens is 2. The number of ether oxygens (including phenoxy) is 1. The molecule has 0 spiro atoms. The molecule has 5 rings (SSSR count). The van der Waals surface area contributed by atoms with Gasteiger partial charge in [-0.1, -0.05) is 12.1 Å². The quantitative estimate of drug-likeness (QED) is 0.432. The van der Waals surface area contributed by atoms with Gasteiger partial charge in [0, 0.05) is 55.0 Å². The van der Waals surface area contributed by atoms with Crippen molar-refractivity contribution in [1.29, 1.82) is 0 Å². The van der Waals surface area contributed by atoms with E-state index >= 15 is 0 Å². The summed E-state index contributed by atoms with van der Waals surface area (Å²) < 4.78 is 6.15. The van der Waals surface area contributed by atoms with Gasteiger partial charge in [0.05, 0.1) is 19.3 Å². The highest BCUT2D eigenvalue weighted by Crippen LogP contribution is 2.37. The summed E-state index contributed by atoms with van der Waals surface area (Å²) in [6.45, 7) is 3.10. The Bertz CT molecular complexity index is 1220. The highest BCUT2D eigenvalue weighted by molar-refractivity contribution is 7.20. The zero-order valence-electron chi connectivity index (χ0n) is 17.0. The van der Waals surface area contributed by atoms with Crippen molar-refractivity contribution >= 4 is 38.4 Å². The monoisotopic (exact) mass is 436 g/mol. The first-order valence-electron chi connectivity index (χ1n) is 10.4. The number of nitrogens with one attached hydrogen (secondary N) is 2. The Morgan fingerprint density at radius 3 is 3.19 bits per heavy atom. The first-order chi connectivity index (χ1) is 15.2. The van der Waals surface area contributed by atoms with Crippen LogP contribution in [0.15, 0.2) is 48.8 Å². The van der Waals surface area contributed by atoms with Gasteiger partial charge in [-0.3, -0.25) is 9.69 Å². The number of nitrogens with zero attached hydrogens (tertiary/aromatic N) is 2. The number of amides is 1. The number of benzene rings is 1. The molecule has 1 saturated heterocycles. The highest BCUT2D eigenvalue weighted by Gasteiger charge is 2.30. The van der Waals surface area contributed by atoms with E-state index in [-0.39, 0.29) is 25.2 Å². The van der Waals surface area contributed by atoms with Crippen LogP contribution in [0.3, 0.4) is 0 Å². The van der Waals surface area contributed by atoms with Crippen molar-refractivity contribution in [1.82, 2.24) is 20.2 Å². The zero-order chi connectivity index (χ0) is 21.2. The van der Waals surface area contributed by atoms with Gasteiger partial charge < -0.3 is 20.1 Å². The van der Waals surface area contributed by atoms with Crippen LogP contribution in [-0.4, -0.2) is 58.7 Å². The molecule has 0 aliphatic carbocycles. The molecule has 1 atom stereocenters. The normalized spacial score (nSPS) is 17.4. The van der Waals surface area contributed by atoms with Crippen molar-refractivity contribution in [2.75, 3.05) is 32.8 Å². The highest BCUT2D eigenvalue weighted by atomic mass is 32.1. The molecule has 4 aromatic rings. The van der Waals surface area contributed by atoms with E-state index in [1.807, 2.05) is 18.3 Å². The second-order valence-electron chi connectivity index (χ2n) is 7.67. The molecule has 8 heteroatoms. The van der Waals surface area contributed by atoms with E-state index in [1.165, 1.54) is 22.3 Å². The molecular formula is C23H24N4O3S. The van der Waals surface area contributed by atoms with Crippen molar-refractivity contribution < 1.29 is 14.6 Å². The summed E-state index contributed by atoms with van der Waals surface area (Å²) >= 11 is 1.38. The molecule has 31 heavy (non-hydrogen) atoms. The third-order valence-corrected chi connectivity index (χ3v) is 6.73. The summed E-state index contributed by atoms with van der Waals surface area (Å²) in [5, 5.41) is 14.0. The summed E-state index contributed by atoms with van der Waals surface area (Å²) in [4.78, 5) is 24.3. The van der Waals surface area contributed by atoms with Crippen molar-refractivity contribution in [3.63, 3.8) is 0 Å². The number of thiophene rings is 1. The minimum atomic E-state index is -0.211. The Morgan fingerprint density at radius 2 is 2.29 bits per heavy atom. The Labute approximate surface area is 183 Å². The van der Waals surface area contributed by atoms with Gasteiger partial charge in [0.15, 0.2) is 0 Å². The van der Waals surface area contributed by atoms with E-state index in [2.05, 4.69) is 44.5 Å². The molecule has 0 unspecified atom stereocenters. The van der Waals surface area contributed by atoms with Gasteiger partial charge in [-0.25, -0.2) is 4.98 Å². The van der Waals surface area contributed by atoms with Crippen LogP contribution in [0.25, 0.3) is 21.1 Å². The van der Waals surface area contributed by atoms with Crippen LogP contribution in [0.2, 0.25) is 0 Å². The lowest BCUT2D eigenvalue weighted by atomic mass is 10.0. The number of aromatic amines is 1. The molecule has 1 aromatic carbocycles. The van der Waals surface area contributed by atoms with Crippen molar-refractivity contribution in [3.8, 4) is 0 Å². The largest absolute Gasteiger partial charge is 0.395 e. The maximum Gasteiger partial charge on any atom is 0.261 e. The van der Waals surface area contributed by atoms with Gasteiger partial charge in [-0.15, -0.1) is 11.3 Å². The van der Waals surface area contributed by atoms with Crippen LogP contribution in [0, 0.1) is 0 Å². The lowest BCUT2D eigenvalue weighted by Crippen LogP contribution is -2.38. The van der Waals surface area contributed by atoms with Gasteiger partial charge in [0.1, 0.15) is 9.71 Å². The predicted octanol–water partition coefficient (Wildman–Crippen LogP) is 3.07. The Balaban J connectivity index is 1.42. The minimum absolute atomic E-state index is 0.0938. The fourth-order valence-electron chi connectivity index (χ4n) is 4.17. The van der Waals surface area contributed by atoms with Crippen LogP contribution in [-0.2, 0) is 11.3 Å². The standard InChI is InChI=1S/C23H24N4O3S/c28-10-8-25-22(29)21-20(17-2-1-6-26-23(17)31-21)19-14-27(9-11-30-19)13-15-3-4-18-16(12-15)5-7-24-18/h1-7,12,19,24,28H,8-11,13-14H2,(H,25,29)/t19-/m0/s1. The SMILES string of the molecule is O=C(NCCO)c1sc2ncccc2c1[C@@H]1CN(Cc2ccc3[nH]ccc3c2)CCO1. The molecule has 0 radical (unpaired) electrons. The molecule has 1 aliphatic rings. The summed E-state index contributed by atoms with van der Waals surface area (Å²) in [6.07, 6.45) is 3.49. The molecule has 1 fully saturated rings. The summed E-state index contributed by atoms with van der Waals surface area (Å²) in [6, 6.07) is 12.5. The van der Waals surface area contributed by atoms with E-state index in [0.29, 0.717) is 18.0 Å². The maximum absolute atomic E-state index is 12.8. The number of H-pyrrole nitrogens is 1. The number of carbonyl (C=O) groups excluding carboxylic acids is 1. The molecule has 3 N–H and O–H groups in total. The van der Waals surface area contributed by atoms with E-state index in [0.717, 1.165) is 34.4 Å². The average Bonchev–Trinajstić information content (AvgIpc) is 3.42. The third kappa shape index (κ3) is 4.07. The van der Waals surface area contributed by atoms with Crippen LogP contribution >= 0.6 is 11.3 Å². The first kappa shape index (κ1) is 20.1. The Hall–Kier alpha value is -2.78. The molecule has 0 bridgehead atoms. The lowest BCUT2D eigenvalue weighted by molar-refractivity contribution is -0.0323. The van der Waals surface area contributed by atoms with E-state index in [4.69, 9.17) is 9.84 Å². The number of fused-ring (bicyclic) bond motifs is 2. The lowest BCUT2D eigenvalue weighted by Gasteiger charge is -2.33. The molecule has 1 amide bonds. The summed E-state index contributed by atoms with van der Waals surface area (Å²) in [7, 11) is 0. The molecule has 4 heterocycles. The second kappa shape index (κ2) is 8.76. The van der Waals surface area contributed by atoms with Crippen LogP contribution in [0.1, 0.15) is 26.9 Å². The van der Waals surface area contributed by atoms with Crippen LogP contribution in [0.5, 0.6) is 0 Å². The third-order valence-electron chi connectivity index (χ3n) is 5.60. The van der Waals surface area contributed by atoms with E-state index in [9.17, 15) is 4.79 Å². The molecule has 3 aromatic heterocycles. The number of hydrogen-bond donors (Lipinski definition) is 3. The minimum Gasteiger partial charge on any atom is -0.395 e. The zero-order valence-corrected chi connectivity index (χ0v) is 17.8. The van der Waals surface area contributed by atoms with E-state index in [1.54, 1.807) is 6.20 Å². The molecular weight excluding hydrogens is 412 g/mol. The summed E-state index contributed by atoms with van der Waals surface area (Å²) in [5.41, 5.74) is 3.29.